The van der Waals surface area contributed by atoms with Crippen LogP contribution in [0, 0.1) is 6.92 Å². The Hall–Kier alpha value is -2.24. The van der Waals surface area contributed by atoms with Gasteiger partial charge in [0.2, 0.25) is 0 Å². The fourth-order valence-electron chi connectivity index (χ4n) is 1.95. The summed E-state index contributed by atoms with van der Waals surface area (Å²) < 4.78 is 39.5. The van der Waals surface area contributed by atoms with E-state index in [0.29, 0.717) is 18.8 Å². The molecule has 0 saturated carbocycles. The lowest BCUT2D eigenvalue weighted by molar-refractivity contribution is -0.137. The first-order valence-corrected chi connectivity index (χ1v) is 6.45. The highest BCUT2D eigenvalue weighted by molar-refractivity contribution is 5.53. The van der Waals surface area contributed by atoms with Crippen LogP contribution < -0.4 is 10.9 Å². The fraction of sp³-hybridized carbons (Fsp3) is 0.267. The largest absolute Gasteiger partial charge is 0.416 e. The first-order valence-electron chi connectivity index (χ1n) is 6.45. The Bertz CT molecular complexity index is 677. The molecular formula is C15H15F3N2O. The summed E-state index contributed by atoms with van der Waals surface area (Å²) in [7, 11) is 0. The van der Waals surface area contributed by atoms with Crippen molar-refractivity contribution in [3.8, 4) is 0 Å². The van der Waals surface area contributed by atoms with Crippen molar-refractivity contribution in [3.05, 3.63) is 64.1 Å². The molecule has 1 N–H and O–H groups in total. The SMILES string of the molecule is Cc1ccc(C(F)(F)F)cc1NCCn1ccccc1=O. The van der Waals surface area contributed by atoms with Crippen LogP contribution in [-0.2, 0) is 12.7 Å². The van der Waals surface area contributed by atoms with E-state index in [2.05, 4.69) is 5.32 Å². The Morgan fingerprint density at radius 1 is 1.19 bits per heavy atom. The summed E-state index contributed by atoms with van der Waals surface area (Å²) in [5, 5.41) is 2.94. The zero-order valence-electron chi connectivity index (χ0n) is 11.4. The van der Waals surface area contributed by atoms with E-state index in [-0.39, 0.29) is 5.56 Å². The zero-order chi connectivity index (χ0) is 15.5. The molecule has 0 spiro atoms. The van der Waals surface area contributed by atoms with E-state index in [1.54, 1.807) is 25.3 Å². The van der Waals surface area contributed by atoms with Gasteiger partial charge in [-0.15, -0.1) is 0 Å². The number of benzene rings is 1. The van der Waals surface area contributed by atoms with Crippen molar-refractivity contribution in [2.75, 3.05) is 11.9 Å². The maximum absolute atomic E-state index is 12.7. The summed E-state index contributed by atoms with van der Waals surface area (Å²) in [4.78, 5) is 11.5. The number of rotatable bonds is 4. The van der Waals surface area contributed by atoms with Gasteiger partial charge in [-0.1, -0.05) is 12.1 Å². The predicted octanol–water partition coefficient (Wildman–Crippen LogP) is 3.29. The first kappa shape index (κ1) is 15.2. The molecule has 3 nitrogen and oxygen atoms in total. The second-order valence-electron chi connectivity index (χ2n) is 4.69. The van der Waals surface area contributed by atoms with Gasteiger partial charge in [-0.25, -0.2) is 0 Å². The van der Waals surface area contributed by atoms with Gasteiger partial charge in [0.15, 0.2) is 0 Å². The molecule has 0 bridgehead atoms. The van der Waals surface area contributed by atoms with Crippen molar-refractivity contribution in [3.63, 3.8) is 0 Å². The van der Waals surface area contributed by atoms with Crippen LogP contribution in [0.15, 0.2) is 47.4 Å². The molecule has 2 aromatic rings. The van der Waals surface area contributed by atoms with E-state index in [4.69, 9.17) is 0 Å². The lowest BCUT2D eigenvalue weighted by Crippen LogP contribution is -2.22. The van der Waals surface area contributed by atoms with Crippen molar-refractivity contribution in [2.24, 2.45) is 0 Å². The highest BCUT2D eigenvalue weighted by Crippen LogP contribution is 2.31. The Kier molecular flexibility index (Phi) is 4.35. The molecule has 0 radical (unpaired) electrons. The molecule has 0 aliphatic rings. The van der Waals surface area contributed by atoms with Gasteiger partial charge in [0.25, 0.3) is 5.56 Å². The lowest BCUT2D eigenvalue weighted by Gasteiger charge is -2.13. The first-order chi connectivity index (χ1) is 9.88. The smallest absolute Gasteiger partial charge is 0.383 e. The molecule has 1 aromatic carbocycles. The van der Waals surface area contributed by atoms with Gasteiger partial charge < -0.3 is 9.88 Å². The summed E-state index contributed by atoms with van der Waals surface area (Å²) in [6.07, 6.45) is -2.72. The van der Waals surface area contributed by atoms with E-state index in [1.165, 1.54) is 16.7 Å². The predicted molar refractivity (Wildman–Crippen MR) is 75.4 cm³/mol. The van der Waals surface area contributed by atoms with Gasteiger partial charge >= 0.3 is 6.18 Å². The zero-order valence-corrected chi connectivity index (χ0v) is 11.4. The van der Waals surface area contributed by atoms with Crippen molar-refractivity contribution in [1.82, 2.24) is 4.57 Å². The quantitative estimate of drug-likeness (QED) is 0.939. The van der Waals surface area contributed by atoms with Crippen LogP contribution in [0.2, 0.25) is 0 Å². The number of aromatic nitrogens is 1. The summed E-state index contributed by atoms with van der Waals surface area (Å²) in [6, 6.07) is 8.39. The summed E-state index contributed by atoms with van der Waals surface area (Å²) >= 11 is 0. The van der Waals surface area contributed by atoms with Crippen LogP contribution >= 0.6 is 0 Å². The number of halogens is 3. The number of nitrogens with one attached hydrogen (secondary N) is 1. The normalized spacial score (nSPS) is 11.4. The third-order valence-electron chi connectivity index (χ3n) is 3.13. The minimum atomic E-state index is -4.36. The maximum atomic E-state index is 12.7. The highest BCUT2D eigenvalue weighted by atomic mass is 19.4. The van der Waals surface area contributed by atoms with Crippen LogP contribution in [0.4, 0.5) is 18.9 Å². The van der Waals surface area contributed by atoms with Gasteiger partial charge in [-0.2, -0.15) is 13.2 Å². The number of hydrogen-bond acceptors (Lipinski definition) is 2. The van der Waals surface area contributed by atoms with Crippen LogP contribution in [0.25, 0.3) is 0 Å². The summed E-state index contributed by atoms with van der Waals surface area (Å²) in [6.45, 7) is 2.48. The van der Waals surface area contributed by atoms with Crippen LogP contribution in [0.1, 0.15) is 11.1 Å². The second kappa shape index (κ2) is 6.03. The molecule has 0 aliphatic heterocycles. The van der Waals surface area contributed by atoms with Crippen molar-refractivity contribution in [2.45, 2.75) is 19.6 Å². The van der Waals surface area contributed by atoms with Crippen LogP contribution in [0.5, 0.6) is 0 Å². The Morgan fingerprint density at radius 2 is 1.95 bits per heavy atom. The number of aryl methyl sites for hydroxylation is 1. The molecule has 0 atom stereocenters. The third kappa shape index (κ3) is 3.87. The van der Waals surface area contributed by atoms with Gasteiger partial charge in [0.05, 0.1) is 5.56 Å². The number of hydrogen-bond donors (Lipinski definition) is 1. The molecule has 0 unspecified atom stereocenters. The van der Waals surface area contributed by atoms with Gasteiger partial charge in [0.1, 0.15) is 0 Å². The van der Waals surface area contributed by atoms with Crippen molar-refractivity contribution in [1.29, 1.82) is 0 Å². The van der Waals surface area contributed by atoms with Crippen molar-refractivity contribution < 1.29 is 13.2 Å². The van der Waals surface area contributed by atoms with Crippen LogP contribution in [0.3, 0.4) is 0 Å². The number of nitrogens with zero attached hydrogens (tertiary/aromatic N) is 1. The topological polar surface area (TPSA) is 34.0 Å². The molecule has 112 valence electrons. The Morgan fingerprint density at radius 3 is 2.62 bits per heavy atom. The number of pyridine rings is 1. The summed E-state index contributed by atoms with van der Waals surface area (Å²) in [5.74, 6) is 0. The lowest BCUT2D eigenvalue weighted by atomic mass is 10.1. The molecule has 1 aromatic heterocycles. The Labute approximate surface area is 120 Å². The summed E-state index contributed by atoms with van der Waals surface area (Å²) in [5.41, 5.74) is 0.324. The third-order valence-corrected chi connectivity index (χ3v) is 3.13. The van der Waals surface area contributed by atoms with Gasteiger partial charge in [-0.05, 0) is 30.7 Å². The van der Waals surface area contributed by atoms with Gasteiger partial charge in [-0.3, -0.25) is 4.79 Å². The molecule has 2 rings (SSSR count). The second-order valence-corrected chi connectivity index (χ2v) is 4.69. The number of anilines is 1. The minimum Gasteiger partial charge on any atom is -0.383 e. The molecule has 0 aliphatic carbocycles. The molecular weight excluding hydrogens is 281 g/mol. The molecule has 0 saturated heterocycles. The van der Waals surface area contributed by atoms with E-state index < -0.39 is 11.7 Å². The average Bonchev–Trinajstić information content (AvgIpc) is 2.41. The minimum absolute atomic E-state index is 0.139. The standard InChI is InChI=1S/C15H15F3N2O/c1-11-5-6-12(15(16,17)18)10-13(11)19-7-9-20-8-3-2-4-14(20)21/h2-6,8,10,19H,7,9H2,1H3. The molecule has 6 heteroatoms. The maximum Gasteiger partial charge on any atom is 0.416 e. The van der Waals surface area contributed by atoms with E-state index in [1.807, 2.05) is 0 Å². The van der Waals surface area contributed by atoms with Crippen molar-refractivity contribution >= 4 is 5.69 Å². The van der Waals surface area contributed by atoms with E-state index in [0.717, 1.165) is 17.7 Å². The Balaban J connectivity index is 2.07. The monoisotopic (exact) mass is 296 g/mol. The molecule has 0 amide bonds. The average molecular weight is 296 g/mol. The highest BCUT2D eigenvalue weighted by Gasteiger charge is 2.30. The van der Waals surface area contributed by atoms with Gasteiger partial charge in [0, 0.05) is 31.0 Å². The van der Waals surface area contributed by atoms with E-state index in [9.17, 15) is 18.0 Å². The van der Waals surface area contributed by atoms with Crippen LogP contribution in [-0.4, -0.2) is 11.1 Å². The molecule has 0 fully saturated rings. The fourth-order valence-corrected chi connectivity index (χ4v) is 1.95. The molecule has 21 heavy (non-hydrogen) atoms. The molecule has 1 heterocycles. The number of alkyl halides is 3. The van der Waals surface area contributed by atoms with E-state index >= 15 is 0 Å².